The average molecular weight is 393 g/mol. The first kappa shape index (κ1) is 20.6. The molecule has 3 fully saturated rings. The first-order valence-corrected chi connectivity index (χ1v) is 10.5. The zero-order valence-electron chi connectivity index (χ0n) is 16.9. The SMILES string of the molecule is CCOC(=O)C1CCN(C(=O)CN2C(=O)NC3(CCC(CC)CC3)C2=O)CC1. The van der Waals surface area contributed by atoms with Gasteiger partial charge in [-0.05, 0) is 51.4 Å². The quantitative estimate of drug-likeness (QED) is 0.566. The number of urea groups is 1. The molecule has 28 heavy (non-hydrogen) atoms. The van der Waals surface area contributed by atoms with Crippen LogP contribution in [0.25, 0.3) is 0 Å². The van der Waals surface area contributed by atoms with Gasteiger partial charge in [0.1, 0.15) is 12.1 Å². The topological polar surface area (TPSA) is 96.0 Å². The van der Waals surface area contributed by atoms with E-state index in [0.29, 0.717) is 51.3 Å². The lowest BCUT2D eigenvalue weighted by atomic mass is 9.75. The molecule has 1 N–H and O–H groups in total. The normalized spacial score (nSPS) is 28.6. The summed E-state index contributed by atoms with van der Waals surface area (Å²) in [5.74, 6) is -0.301. The number of hydrogen-bond acceptors (Lipinski definition) is 5. The van der Waals surface area contributed by atoms with Crippen molar-refractivity contribution in [3.8, 4) is 0 Å². The number of likely N-dealkylation sites (tertiary alicyclic amines) is 1. The van der Waals surface area contributed by atoms with Gasteiger partial charge in [0.25, 0.3) is 5.91 Å². The van der Waals surface area contributed by atoms with Gasteiger partial charge in [0, 0.05) is 13.1 Å². The minimum absolute atomic E-state index is 0.183. The highest BCUT2D eigenvalue weighted by molar-refractivity contribution is 6.09. The van der Waals surface area contributed by atoms with E-state index in [-0.39, 0.29) is 30.2 Å². The van der Waals surface area contributed by atoms with Gasteiger partial charge >= 0.3 is 12.0 Å². The van der Waals surface area contributed by atoms with Gasteiger partial charge in [-0.3, -0.25) is 19.3 Å². The number of amides is 4. The molecule has 0 aromatic heterocycles. The van der Waals surface area contributed by atoms with Crippen LogP contribution in [0.1, 0.15) is 58.8 Å². The minimum atomic E-state index is -0.820. The Bertz CT molecular complexity index is 634. The molecular formula is C20H31N3O5. The Labute approximate surface area is 165 Å². The molecule has 1 spiro atoms. The molecule has 1 saturated carbocycles. The van der Waals surface area contributed by atoms with Crippen molar-refractivity contribution >= 4 is 23.8 Å². The first-order chi connectivity index (χ1) is 13.4. The van der Waals surface area contributed by atoms with Crippen molar-refractivity contribution in [2.75, 3.05) is 26.2 Å². The van der Waals surface area contributed by atoms with E-state index in [9.17, 15) is 19.2 Å². The number of carbonyl (C=O) groups is 4. The van der Waals surface area contributed by atoms with Crippen LogP contribution in [0.4, 0.5) is 4.79 Å². The number of esters is 1. The highest BCUT2D eigenvalue weighted by Crippen LogP contribution is 2.37. The van der Waals surface area contributed by atoms with Crippen molar-refractivity contribution in [1.29, 1.82) is 0 Å². The fraction of sp³-hybridized carbons (Fsp3) is 0.800. The maximum absolute atomic E-state index is 12.9. The molecule has 2 heterocycles. The molecule has 3 aliphatic rings. The number of imide groups is 1. The first-order valence-electron chi connectivity index (χ1n) is 10.5. The van der Waals surface area contributed by atoms with Crippen molar-refractivity contribution < 1.29 is 23.9 Å². The number of rotatable bonds is 5. The fourth-order valence-electron chi connectivity index (χ4n) is 4.60. The summed E-state index contributed by atoms with van der Waals surface area (Å²) in [7, 11) is 0. The monoisotopic (exact) mass is 393 g/mol. The van der Waals surface area contributed by atoms with Crippen molar-refractivity contribution in [1.82, 2.24) is 15.1 Å². The van der Waals surface area contributed by atoms with Crippen molar-refractivity contribution in [2.24, 2.45) is 11.8 Å². The van der Waals surface area contributed by atoms with Crippen LogP contribution in [0.3, 0.4) is 0 Å². The highest BCUT2D eigenvalue weighted by Gasteiger charge is 2.52. The summed E-state index contributed by atoms with van der Waals surface area (Å²) in [4.78, 5) is 52.5. The summed E-state index contributed by atoms with van der Waals surface area (Å²) >= 11 is 0. The second-order valence-corrected chi connectivity index (χ2v) is 8.16. The lowest BCUT2D eigenvalue weighted by molar-refractivity contribution is -0.151. The van der Waals surface area contributed by atoms with Crippen LogP contribution in [0, 0.1) is 11.8 Å². The van der Waals surface area contributed by atoms with Gasteiger partial charge in [-0.15, -0.1) is 0 Å². The maximum atomic E-state index is 12.9. The molecule has 0 aromatic carbocycles. The van der Waals surface area contributed by atoms with Crippen LogP contribution in [-0.2, 0) is 19.1 Å². The molecule has 0 radical (unpaired) electrons. The number of piperidine rings is 1. The van der Waals surface area contributed by atoms with Gasteiger partial charge in [0.15, 0.2) is 0 Å². The van der Waals surface area contributed by atoms with Crippen LogP contribution in [0.5, 0.6) is 0 Å². The highest BCUT2D eigenvalue weighted by atomic mass is 16.5. The molecule has 0 aromatic rings. The number of carbonyl (C=O) groups excluding carboxylic acids is 4. The summed E-state index contributed by atoms with van der Waals surface area (Å²) in [6.45, 7) is 4.92. The van der Waals surface area contributed by atoms with E-state index in [0.717, 1.165) is 24.2 Å². The summed E-state index contributed by atoms with van der Waals surface area (Å²) in [5.41, 5.74) is -0.820. The molecule has 0 atom stereocenters. The molecule has 0 bridgehead atoms. The lowest BCUT2D eigenvalue weighted by Crippen LogP contribution is -2.50. The number of nitrogens with zero attached hydrogens (tertiary/aromatic N) is 2. The van der Waals surface area contributed by atoms with Crippen LogP contribution in [-0.4, -0.2) is 65.4 Å². The van der Waals surface area contributed by atoms with E-state index >= 15 is 0 Å². The molecule has 2 aliphatic heterocycles. The standard InChI is InChI=1S/C20H31N3O5/c1-3-14-5-9-20(10-6-14)18(26)23(19(27)21-20)13-16(24)22-11-7-15(8-12-22)17(25)28-4-2/h14-15H,3-13H2,1-2H3,(H,21,27). The zero-order chi connectivity index (χ0) is 20.3. The van der Waals surface area contributed by atoms with E-state index in [1.165, 1.54) is 0 Å². The van der Waals surface area contributed by atoms with Gasteiger partial charge in [-0.25, -0.2) is 4.79 Å². The van der Waals surface area contributed by atoms with E-state index in [2.05, 4.69) is 12.2 Å². The maximum Gasteiger partial charge on any atom is 0.325 e. The Morgan fingerprint density at radius 3 is 2.32 bits per heavy atom. The third kappa shape index (κ3) is 4.00. The predicted molar refractivity (Wildman–Crippen MR) is 101 cm³/mol. The Hall–Kier alpha value is -2.12. The van der Waals surface area contributed by atoms with Gasteiger partial charge < -0.3 is 15.0 Å². The van der Waals surface area contributed by atoms with Crippen LogP contribution in [0.15, 0.2) is 0 Å². The molecule has 2 saturated heterocycles. The molecule has 3 rings (SSSR count). The predicted octanol–water partition coefficient (Wildman–Crippen LogP) is 1.68. The summed E-state index contributed by atoms with van der Waals surface area (Å²) in [6.07, 6.45) is 5.32. The third-order valence-electron chi connectivity index (χ3n) is 6.54. The lowest BCUT2D eigenvalue weighted by Gasteiger charge is -2.35. The Balaban J connectivity index is 1.54. The molecular weight excluding hydrogens is 362 g/mol. The van der Waals surface area contributed by atoms with Gasteiger partial charge in [-0.1, -0.05) is 13.3 Å². The molecule has 1 aliphatic carbocycles. The van der Waals surface area contributed by atoms with E-state index < -0.39 is 11.6 Å². The average Bonchev–Trinajstić information content (AvgIpc) is 2.93. The smallest absolute Gasteiger partial charge is 0.325 e. The van der Waals surface area contributed by atoms with Gasteiger partial charge in [0.05, 0.1) is 12.5 Å². The van der Waals surface area contributed by atoms with E-state index in [4.69, 9.17) is 4.74 Å². The van der Waals surface area contributed by atoms with E-state index in [1.807, 2.05) is 0 Å². The number of ether oxygens (including phenoxy) is 1. The van der Waals surface area contributed by atoms with Crippen LogP contribution < -0.4 is 5.32 Å². The molecule has 8 heteroatoms. The van der Waals surface area contributed by atoms with E-state index in [1.54, 1.807) is 11.8 Å². The number of nitrogens with one attached hydrogen (secondary N) is 1. The molecule has 8 nitrogen and oxygen atoms in total. The summed E-state index contributed by atoms with van der Waals surface area (Å²) in [5, 5.41) is 2.86. The third-order valence-corrected chi connectivity index (χ3v) is 6.54. The second-order valence-electron chi connectivity index (χ2n) is 8.16. The molecule has 4 amide bonds. The second kappa shape index (κ2) is 8.49. The van der Waals surface area contributed by atoms with Crippen LogP contribution in [0.2, 0.25) is 0 Å². The largest absolute Gasteiger partial charge is 0.466 e. The Kier molecular flexibility index (Phi) is 6.25. The van der Waals surface area contributed by atoms with Crippen molar-refractivity contribution in [3.05, 3.63) is 0 Å². The van der Waals surface area contributed by atoms with Crippen molar-refractivity contribution in [2.45, 2.75) is 64.3 Å². The molecule has 156 valence electrons. The van der Waals surface area contributed by atoms with Gasteiger partial charge in [-0.2, -0.15) is 0 Å². The zero-order valence-corrected chi connectivity index (χ0v) is 16.9. The fourth-order valence-corrected chi connectivity index (χ4v) is 4.60. The van der Waals surface area contributed by atoms with Gasteiger partial charge in [0.2, 0.25) is 5.91 Å². The summed E-state index contributed by atoms with van der Waals surface area (Å²) < 4.78 is 5.04. The van der Waals surface area contributed by atoms with Crippen LogP contribution >= 0.6 is 0 Å². The number of hydrogen-bond donors (Lipinski definition) is 1. The Morgan fingerprint density at radius 2 is 1.75 bits per heavy atom. The van der Waals surface area contributed by atoms with Crippen molar-refractivity contribution in [3.63, 3.8) is 0 Å². The summed E-state index contributed by atoms with van der Waals surface area (Å²) in [6, 6.07) is -0.463. The minimum Gasteiger partial charge on any atom is -0.466 e. The molecule has 0 unspecified atom stereocenters. The Morgan fingerprint density at radius 1 is 1.11 bits per heavy atom.